The van der Waals surface area contributed by atoms with Gasteiger partial charge in [-0.25, -0.2) is 0 Å². The Morgan fingerprint density at radius 3 is 2.46 bits per heavy atom. The molecule has 4 heteroatoms. The van der Waals surface area contributed by atoms with Crippen LogP contribution < -0.4 is 10.2 Å². The number of hydrogen-bond donors (Lipinski definition) is 1. The lowest BCUT2D eigenvalue weighted by Crippen LogP contribution is -2.25. The van der Waals surface area contributed by atoms with Gasteiger partial charge < -0.3 is 14.8 Å². The molecule has 24 heavy (non-hydrogen) atoms. The van der Waals surface area contributed by atoms with Crippen molar-refractivity contribution in [3.63, 3.8) is 0 Å². The molecule has 3 rings (SSSR count). The van der Waals surface area contributed by atoms with Crippen molar-refractivity contribution in [3.8, 4) is 0 Å². The number of nitrogens with zero attached hydrogens (tertiary/aromatic N) is 2. The van der Waals surface area contributed by atoms with E-state index in [9.17, 15) is 4.79 Å². The summed E-state index contributed by atoms with van der Waals surface area (Å²) < 4.78 is 2.46. The summed E-state index contributed by atoms with van der Waals surface area (Å²) in [5.41, 5.74) is 5.86. The zero-order valence-corrected chi connectivity index (χ0v) is 15.1. The topological polar surface area (TPSA) is 37.3 Å². The Bertz CT molecular complexity index is 724. The predicted molar refractivity (Wildman–Crippen MR) is 99.0 cm³/mol. The average Bonchev–Trinajstić information content (AvgIpc) is 3.34. The molecule has 1 N–H and O–H groups in total. The van der Waals surface area contributed by atoms with E-state index in [1.165, 1.54) is 29.8 Å². The van der Waals surface area contributed by atoms with Crippen LogP contribution in [0.4, 0.5) is 5.69 Å². The third kappa shape index (κ3) is 3.48. The summed E-state index contributed by atoms with van der Waals surface area (Å²) in [4.78, 5) is 14.3. The first-order valence-corrected chi connectivity index (χ1v) is 8.70. The van der Waals surface area contributed by atoms with E-state index < -0.39 is 0 Å². The summed E-state index contributed by atoms with van der Waals surface area (Å²) in [6.45, 7) is 5.05. The maximum Gasteiger partial charge on any atom is 0.251 e. The summed E-state index contributed by atoms with van der Waals surface area (Å²) in [5.74, 6) is -0.00342. The van der Waals surface area contributed by atoms with Gasteiger partial charge in [0.25, 0.3) is 5.91 Å². The quantitative estimate of drug-likeness (QED) is 0.883. The van der Waals surface area contributed by atoms with Gasteiger partial charge in [0, 0.05) is 49.3 Å². The van der Waals surface area contributed by atoms with Gasteiger partial charge in [-0.1, -0.05) is 0 Å². The fraction of sp³-hybridized carbons (Fsp3) is 0.450. The van der Waals surface area contributed by atoms with Gasteiger partial charge in [-0.05, 0) is 69.0 Å². The summed E-state index contributed by atoms with van der Waals surface area (Å²) in [7, 11) is 3.99. The summed E-state index contributed by atoms with van der Waals surface area (Å²) in [5, 5.41) is 3.04. The molecule has 1 heterocycles. The molecule has 2 aromatic rings. The highest BCUT2D eigenvalue weighted by molar-refractivity contribution is 5.94. The van der Waals surface area contributed by atoms with Crippen LogP contribution in [0.15, 0.2) is 30.3 Å². The van der Waals surface area contributed by atoms with Gasteiger partial charge in [-0.2, -0.15) is 0 Å². The molecule has 0 saturated heterocycles. The van der Waals surface area contributed by atoms with Gasteiger partial charge in [-0.3, -0.25) is 4.79 Å². The third-order valence-electron chi connectivity index (χ3n) is 4.83. The standard InChI is InChI=1S/C20H27N3O/c1-14-13-17(15(2)23(14)19-9-10-19)11-12-21-20(24)16-5-7-18(8-6-16)22(3)4/h5-8,13,19H,9-12H2,1-4H3,(H,21,24). The van der Waals surface area contributed by atoms with Crippen LogP contribution in [-0.4, -0.2) is 31.1 Å². The lowest BCUT2D eigenvalue weighted by Gasteiger charge is -2.12. The lowest BCUT2D eigenvalue weighted by molar-refractivity contribution is 0.0954. The minimum absolute atomic E-state index is 0.00342. The monoisotopic (exact) mass is 325 g/mol. The molecular weight excluding hydrogens is 298 g/mol. The number of nitrogens with one attached hydrogen (secondary N) is 1. The van der Waals surface area contributed by atoms with Gasteiger partial charge in [0.1, 0.15) is 0 Å². The number of anilines is 1. The molecule has 0 bridgehead atoms. The van der Waals surface area contributed by atoms with Crippen molar-refractivity contribution in [2.24, 2.45) is 0 Å². The summed E-state index contributed by atoms with van der Waals surface area (Å²) in [6.07, 6.45) is 3.48. The highest BCUT2D eigenvalue weighted by Gasteiger charge is 2.26. The van der Waals surface area contributed by atoms with E-state index in [0.29, 0.717) is 18.2 Å². The Kier molecular flexibility index (Phi) is 4.65. The van der Waals surface area contributed by atoms with Gasteiger partial charge >= 0.3 is 0 Å². The fourth-order valence-electron chi connectivity index (χ4n) is 3.32. The third-order valence-corrected chi connectivity index (χ3v) is 4.83. The Balaban J connectivity index is 1.56. The van der Waals surface area contributed by atoms with Crippen molar-refractivity contribution in [1.29, 1.82) is 0 Å². The molecule has 1 amide bonds. The number of benzene rings is 1. The van der Waals surface area contributed by atoms with Crippen LogP contribution in [0.5, 0.6) is 0 Å². The maximum atomic E-state index is 12.3. The van der Waals surface area contributed by atoms with Crippen LogP contribution >= 0.6 is 0 Å². The van der Waals surface area contributed by atoms with Crippen LogP contribution in [0.2, 0.25) is 0 Å². The summed E-state index contributed by atoms with van der Waals surface area (Å²) >= 11 is 0. The number of aromatic nitrogens is 1. The van der Waals surface area contributed by atoms with Crippen LogP contribution in [0.1, 0.15) is 46.2 Å². The molecule has 1 saturated carbocycles. The lowest BCUT2D eigenvalue weighted by atomic mass is 10.1. The van der Waals surface area contributed by atoms with Crippen molar-refractivity contribution in [3.05, 3.63) is 52.8 Å². The van der Waals surface area contributed by atoms with E-state index in [1.807, 2.05) is 43.3 Å². The average molecular weight is 325 g/mol. The van der Waals surface area contributed by atoms with Gasteiger partial charge in [-0.15, -0.1) is 0 Å². The molecule has 0 atom stereocenters. The van der Waals surface area contributed by atoms with E-state index in [0.717, 1.165) is 12.1 Å². The second kappa shape index (κ2) is 6.71. The zero-order chi connectivity index (χ0) is 17.3. The minimum Gasteiger partial charge on any atom is -0.378 e. The Morgan fingerprint density at radius 2 is 1.88 bits per heavy atom. The SMILES string of the molecule is Cc1cc(CCNC(=O)c2ccc(N(C)C)cc2)c(C)n1C1CC1. The molecule has 1 aliphatic rings. The number of hydrogen-bond acceptors (Lipinski definition) is 2. The molecule has 1 fully saturated rings. The number of carbonyl (C=O) groups is 1. The van der Waals surface area contributed by atoms with Crippen LogP contribution in [0, 0.1) is 13.8 Å². The van der Waals surface area contributed by atoms with E-state index >= 15 is 0 Å². The second-order valence-electron chi connectivity index (χ2n) is 6.94. The van der Waals surface area contributed by atoms with Crippen LogP contribution in [0.3, 0.4) is 0 Å². The molecule has 1 aliphatic carbocycles. The first-order chi connectivity index (χ1) is 11.5. The predicted octanol–water partition coefficient (Wildman–Crippen LogP) is 3.48. The number of rotatable bonds is 6. The van der Waals surface area contributed by atoms with E-state index in [1.54, 1.807) is 0 Å². The fourth-order valence-corrected chi connectivity index (χ4v) is 3.32. The molecule has 128 valence electrons. The maximum absolute atomic E-state index is 12.3. The molecule has 1 aromatic heterocycles. The van der Waals surface area contributed by atoms with Gasteiger partial charge in [0.05, 0.1) is 0 Å². The largest absolute Gasteiger partial charge is 0.378 e. The zero-order valence-electron chi connectivity index (χ0n) is 15.1. The van der Waals surface area contributed by atoms with Crippen molar-refractivity contribution < 1.29 is 4.79 Å². The molecule has 0 radical (unpaired) electrons. The molecule has 0 unspecified atom stereocenters. The Labute approximate surface area is 144 Å². The molecule has 0 spiro atoms. The summed E-state index contributed by atoms with van der Waals surface area (Å²) in [6, 6.07) is 10.7. The molecule has 1 aromatic carbocycles. The number of carbonyl (C=O) groups excluding carboxylic acids is 1. The smallest absolute Gasteiger partial charge is 0.251 e. The molecular formula is C20H27N3O. The number of amides is 1. The van der Waals surface area contributed by atoms with Crippen molar-refractivity contribution >= 4 is 11.6 Å². The normalized spacial score (nSPS) is 13.8. The highest BCUT2D eigenvalue weighted by atomic mass is 16.1. The first kappa shape index (κ1) is 16.6. The highest BCUT2D eigenvalue weighted by Crippen LogP contribution is 2.38. The van der Waals surface area contributed by atoms with Crippen molar-refractivity contribution in [2.45, 2.75) is 39.2 Å². The van der Waals surface area contributed by atoms with E-state index in [-0.39, 0.29) is 5.91 Å². The van der Waals surface area contributed by atoms with Gasteiger partial charge in [0.2, 0.25) is 0 Å². The van der Waals surface area contributed by atoms with Crippen molar-refractivity contribution in [2.75, 3.05) is 25.5 Å². The Hall–Kier alpha value is -2.23. The van der Waals surface area contributed by atoms with Crippen LogP contribution in [0.25, 0.3) is 0 Å². The second-order valence-corrected chi connectivity index (χ2v) is 6.94. The Morgan fingerprint density at radius 1 is 1.21 bits per heavy atom. The van der Waals surface area contributed by atoms with E-state index in [2.05, 4.69) is 29.8 Å². The molecule has 0 aliphatic heterocycles. The first-order valence-electron chi connectivity index (χ1n) is 8.70. The van der Waals surface area contributed by atoms with Crippen LogP contribution in [-0.2, 0) is 6.42 Å². The van der Waals surface area contributed by atoms with E-state index in [4.69, 9.17) is 0 Å². The minimum atomic E-state index is -0.00342. The van der Waals surface area contributed by atoms with Gasteiger partial charge in [0.15, 0.2) is 0 Å². The molecule has 4 nitrogen and oxygen atoms in total. The number of aryl methyl sites for hydroxylation is 1. The van der Waals surface area contributed by atoms with Crippen molar-refractivity contribution in [1.82, 2.24) is 9.88 Å².